The van der Waals surface area contributed by atoms with Crippen molar-refractivity contribution >= 4 is 41.0 Å². The first-order valence-corrected chi connectivity index (χ1v) is 12.8. The van der Waals surface area contributed by atoms with Crippen molar-refractivity contribution in [2.75, 3.05) is 19.5 Å². The molecule has 0 radical (unpaired) electrons. The first-order valence-electron chi connectivity index (χ1n) is 9.18. The van der Waals surface area contributed by atoms with Gasteiger partial charge in [0.1, 0.15) is 0 Å². The Morgan fingerprint density at radius 3 is 2.23 bits per heavy atom. The summed E-state index contributed by atoms with van der Waals surface area (Å²) in [5.41, 5.74) is 2.14. The zero-order valence-electron chi connectivity index (χ0n) is 17.0. The summed E-state index contributed by atoms with van der Waals surface area (Å²) in [5.74, 6) is 0.775. The number of nitrogens with two attached hydrogens (primary N) is 1. The standard InChI is InChI=1S/C22H22N2O5SSe/c1-28-17-7-12-20(21(13-17)29-2)22(25)24-16-5-10-19(11-6-16)31-14-15-3-8-18(9-4-15)30(23,26)27/h3-13H,14H2,1-2H3,(H,24,25)(H2,23,26,27). The molecule has 31 heavy (non-hydrogen) atoms. The topological polar surface area (TPSA) is 108 Å². The van der Waals surface area contributed by atoms with Gasteiger partial charge in [-0.2, -0.15) is 0 Å². The average Bonchev–Trinajstić information content (AvgIpc) is 2.77. The van der Waals surface area contributed by atoms with Gasteiger partial charge in [-0.25, -0.2) is 0 Å². The van der Waals surface area contributed by atoms with Gasteiger partial charge in [-0.05, 0) is 0 Å². The van der Waals surface area contributed by atoms with E-state index in [2.05, 4.69) is 5.32 Å². The van der Waals surface area contributed by atoms with Gasteiger partial charge in [-0.1, -0.05) is 0 Å². The third kappa shape index (κ3) is 6.08. The summed E-state index contributed by atoms with van der Waals surface area (Å²) in [6.45, 7) is 0. The van der Waals surface area contributed by atoms with Crippen molar-refractivity contribution in [2.24, 2.45) is 5.14 Å². The van der Waals surface area contributed by atoms with Crippen LogP contribution in [0.15, 0.2) is 71.6 Å². The number of benzene rings is 3. The number of rotatable bonds is 8. The van der Waals surface area contributed by atoms with Gasteiger partial charge in [0, 0.05) is 0 Å². The molecular formula is C22H22N2O5SSe. The molecule has 3 N–H and O–H groups in total. The summed E-state index contributed by atoms with van der Waals surface area (Å²) in [4.78, 5) is 12.7. The molecule has 162 valence electrons. The van der Waals surface area contributed by atoms with Crippen LogP contribution in [-0.4, -0.2) is 43.5 Å². The molecule has 0 heterocycles. The number of nitrogens with one attached hydrogen (secondary N) is 1. The third-order valence-electron chi connectivity index (χ3n) is 4.42. The van der Waals surface area contributed by atoms with Crippen LogP contribution in [-0.2, 0) is 15.3 Å². The fraction of sp³-hybridized carbons (Fsp3) is 0.136. The maximum absolute atomic E-state index is 12.6. The van der Waals surface area contributed by atoms with Crippen LogP contribution in [0.1, 0.15) is 15.9 Å². The summed E-state index contributed by atoms with van der Waals surface area (Å²) in [5, 5.41) is 8.80. The second-order valence-electron chi connectivity index (χ2n) is 6.52. The van der Waals surface area contributed by atoms with Crippen LogP contribution in [0.5, 0.6) is 11.5 Å². The van der Waals surface area contributed by atoms with Gasteiger partial charge in [0.05, 0.1) is 0 Å². The Morgan fingerprint density at radius 2 is 1.65 bits per heavy atom. The van der Waals surface area contributed by atoms with Crippen LogP contribution in [0.3, 0.4) is 0 Å². The molecule has 0 aliphatic heterocycles. The summed E-state index contributed by atoms with van der Waals surface area (Å²) in [7, 11) is -0.616. The van der Waals surface area contributed by atoms with Crippen molar-refractivity contribution in [3.63, 3.8) is 0 Å². The predicted molar refractivity (Wildman–Crippen MR) is 121 cm³/mol. The van der Waals surface area contributed by atoms with Gasteiger partial charge >= 0.3 is 188 Å². The monoisotopic (exact) mass is 506 g/mol. The Hall–Kier alpha value is -2.84. The van der Waals surface area contributed by atoms with E-state index in [1.165, 1.54) is 19.2 Å². The molecule has 0 bridgehead atoms. The molecule has 0 fully saturated rings. The van der Waals surface area contributed by atoms with E-state index in [1.54, 1.807) is 37.4 Å². The second-order valence-corrected chi connectivity index (χ2v) is 10.3. The zero-order valence-corrected chi connectivity index (χ0v) is 19.5. The molecule has 3 rings (SSSR count). The number of hydrogen-bond acceptors (Lipinski definition) is 5. The van der Waals surface area contributed by atoms with E-state index in [1.807, 2.05) is 24.3 Å². The van der Waals surface area contributed by atoms with E-state index in [0.717, 1.165) is 15.3 Å². The first-order chi connectivity index (χ1) is 14.8. The Labute approximate surface area is 187 Å². The molecule has 0 saturated carbocycles. The van der Waals surface area contributed by atoms with Gasteiger partial charge in [-0.15, -0.1) is 0 Å². The number of primary sulfonamides is 1. The molecule has 7 nitrogen and oxygen atoms in total. The summed E-state index contributed by atoms with van der Waals surface area (Å²) in [6.07, 6.45) is 0. The number of amides is 1. The van der Waals surface area contributed by atoms with Crippen molar-refractivity contribution in [3.8, 4) is 11.5 Å². The molecule has 3 aromatic carbocycles. The van der Waals surface area contributed by atoms with Crippen LogP contribution in [0.4, 0.5) is 5.69 Å². The predicted octanol–water partition coefficient (Wildman–Crippen LogP) is 2.13. The van der Waals surface area contributed by atoms with Crippen molar-refractivity contribution in [1.29, 1.82) is 0 Å². The number of carbonyl (C=O) groups is 1. The number of hydrogen-bond donors (Lipinski definition) is 2. The molecule has 0 atom stereocenters. The molecule has 0 unspecified atom stereocenters. The van der Waals surface area contributed by atoms with Crippen LogP contribution in [0.25, 0.3) is 0 Å². The van der Waals surface area contributed by atoms with Crippen LogP contribution in [0, 0.1) is 0 Å². The number of sulfonamides is 1. The van der Waals surface area contributed by atoms with Crippen molar-refractivity contribution in [1.82, 2.24) is 0 Å². The maximum atomic E-state index is 12.6. The molecule has 1 amide bonds. The van der Waals surface area contributed by atoms with Gasteiger partial charge < -0.3 is 0 Å². The SMILES string of the molecule is COc1ccc(C(=O)Nc2ccc([Se]Cc3ccc(S(N)(=O)=O)cc3)cc2)c(OC)c1. The zero-order chi connectivity index (χ0) is 22.4. The summed E-state index contributed by atoms with van der Waals surface area (Å²) in [6, 6.07) is 19.3. The molecule has 0 spiro atoms. The van der Waals surface area contributed by atoms with Crippen molar-refractivity contribution in [3.05, 3.63) is 77.9 Å². The molecule has 0 saturated heterocycles. The van der Waals surface area contributed by atoms with Crippen molar-refractivity contribution in [2.45, 2.75) is 10.2 Å². The normalized spacial score (nSPS) is 11.1. The van der Waals surface area contributed by atoms with Gasteiger partial charge in [0.15, 0.2) is 0 Å². The molecular weight excluding hydrogens is 483 g/mol. The number of methoxy groups -OCH3 is 2. The quantitative estimate of drug-likeness (QED) is 0.456. The first kappa shape index (κ1) is 22.8. The second kappa shape index (κ2) is 9.98. The fourth-order valence-electron chi connectivity index (χ4n) is 2.76. The van der Waals surface area contributed by atoms with E-state index >= 15 is 0 Å². The van der Waals surface area contributed by atoms with E-state index in [9.17, 15) is 13.2 Å². The van der Waals surface area contributed by atoms with E-state index in [4.69, 9.17) is 14.6 Å². The molecule has 0 aliphatic rings. The Bertz CT molecular complexity index is 1160. The Morgan fingerprint density at radius 1 is 0.968 bits per heavy atom. The summed E-state index contributed by atoms with van der Waals surface area (Å²) < 4.78 is 34.3. The summed E-state index contributed by atoms with van der Waals surface area (Å²) >= 11 is 0.158. The molecule has 0 aliphatic carbocycles. The fourth-order valence-corrected chi connectivity index (χ4v) is 5.07. The van der Waals surface area contributed by atoms with Crippen molar-refractivity contribution < 1.29 is 22.7 Å². The number of anilines is 1. The van der Waals surface area contributed by atoms with E-state index in [0.29, 0.717) is 22.7 Å². The van der Waals surface area contributed by atoms with Crippen LogP contribution < -0.4 is 24.4 Å². The minimum atomic E-state index is -3.67. The van der Waals surface area contributed by atoms with Crippen LogP contribution >= 0.6 is 0 Å². The van der Waals surface area contributed by atoms with Crippen LogP contribution in [0.2, 0.25) is 0 Å². The molecule has 0 aromatic heterocycles. The number of ether oxygens (including phenoxy) is 2. The Kier molecular flexibility index (Phi) is 7.35. The minimum absolute atomic E-state index is 0.109. The average molecular weight is 505 g/mol. The number of carbonyl (C=O) groups excluding carboxylic acids is 1. The van der Waals surface area contributed by atoms with E-state index < -0.39 is 10.0 Å². The van der Waals surface area contributed by atoms with E-state index in [-0.39, 0.29) is 25.8 Å². The molecule has 9 heteroatoms. The third-order valence-corrected chi connectivity index (χ3v) is 7.62. The van der Waals surface area contributed by atoms with Gasteiger partial charge in [-0.3, -0.25) is 0 Å². The Balaban J connectivity index is 1.61. The van der Waals surface area contributed by atoms with Gasteiger partial charge in [0.25, 0.3) is 0 Å². The van der Waals surface area contributed by atoms with Gasteiger partial charge in [0.2, 0.25) is 0 Å². The molecule has 3 aromatic rings.